The van der Waals surface area contributed by atoms with E-state index in [-0.39, 0.29) is 0 Å². The van der Waals surface area contributed by atoms with Gasteiger partial charge in [0.05, 0.1) is 0 Å². The van der Waals surface area contributed by atoms with Gasteiger partial charge < -0.3 is 5.32 Å². The Labute approximate surface area is 135 Å². The molecule has 2 aromatic rings. The first-order chi connectivity index (χ1) is 10.2. The zero-order valence-corrected chi connectivity index (χ0v) is 14.2. The number of benzene rings is 1. The average molecular weight is 345 g/mol. The van der Waals surface area contributed by atoms with E-state index in [4.69, 9.17) is 0 Å². The number of nitrogens with zero attached hydrogens (tertiary/aromatic N) is 1. The minimum Gasteiger partial charge on any atom is -0.310 e. The molecule has 1 heterocycles. The highest BCUT2D eigenvalue weighted by atomic mass is 79.9. The quantitative estimate of drug-likeness (QED) is 0.880. The van der Waals surface area contributed by atoms with Crippen LogP contribution in [0.15, 0.2) is 41.0 Å². The Bertz CT molecular complexity index is 639. The Morgan fingerprint density at radius 2 is 2.24 bits per heavy atom. The van der Waals surface area contributed by atoms with Crippen LogP contribution in [0, 0.1) is 6.92 Å². The second-order valence-electron chi connectivity index (χ2n) is 5.73. The largest absolute Gasteiger partial charge is 0.310 e. The third-order valence-electron chi connectivity index (χ3n) is 4.40. The minimum absolute atomic E-state index is 0.347. The van der Waals surface area contributed by atoms with Gasteiger partial charge in [0.25, 0.3) is 0 Å². The second-order valence-corrected chi connectivity index (χ2v) is 6.64. The molecule has 0 spiro atoms. The molecule has 2 nitrogen and oxygen atoms in total. The lowest BCUT2D eigenvalue weighted by Crippen LogP contribution is -2.27. The lowest BCUT2D eigenvalue weighted by molar-refractivity contribution is 0.445. The molecule has 1 aromatic heterocycles. The fraction of sp³-hybridized carbons (Fsp3) is 0.389. The number of aromatic nitrogens is 1. The highest BCUT2D eigenvalue weighted by molar-refractivity contribution is 9.10. The van der Waals surface area contributed by atoms with E-state index in [1.807, 2.05) is 12.3 Å². The molecule has 0 amide bonds. The minimum atomic E-state index is 0.347. The maximum atomic E-state index is 4.67. The smallest absolute Gasteiger partial charge is 0.0485 e. The standard InChI is InChI=1S/C18H21BrN2/c1-3-20-18(15-9-7-14(19)11-12(15)2)16-8-6-13-5-4-10-21-17(13)16/h4-5,7,9-11,16,18,20H,3,6,8H2,1-2H3. The molecule has 0 bridgehead atoms. The topological polar surface area (TPSA) is 24.9 Å². The maximum absolute atomic E-state index is 4.67. The number of likely N-dealkylation sites (N-methyl/N-ethyl adjacent to an activating group) is 1. The molecule has 110 valence electrons. The molecule has 0 saturated carbocycles. The van der Waals surface area contributed by atoms with Crippen molar-refractivity contribution in [2.45, 2.75) is 38.6 Å². The van der Waals surface area contributed by atoms with E-state index in [1.165, 1.54) is 28.8 Å². The third kappa shape index (κ3) is 2.90. The van der Waals surface area contributed by atoms with Gasteiger partial charge in [-0.15, -0.1) is 0 Å². The van der Waals surface area contributed by atoms with Crippen LogP contribution in [0.4, 0.5) is 0 Å². The summed E-state index contributed by atoms with van der Waals surface area (Å²) in [6, 6.07) is 11.2. The van der Waals surface area contributed by atoms with E-state index in [9.17, 15) is 0 Å². The first kappa shape index (κ1) is 14.7. The molecule has 1 N–H and O–H groups in total. The number of halogens is 1. The maximum Gasteiger partial charge on any atom is 0.0485 e. The summed E-state index contributed by atoms with van der Waals surface area (Å²) in [5.74, 6) is 0.473. The summed E-state index contributed by atoms with van der Waals surface area (Å²) in [7, 11) is 0. The number of nitrogens with one attached hydrogen (secondary N) is 1. The first-order valence-electron chi connectivity index (χ1n) is 7.64. The van der Waals surface area contributed by atoms with Crippen molar-refractivity contribution in [3.8, 4) is 0 Å². The van der Waals surface area contributed by atoms with E-state index in [0.29, 0.717) is 12.0 Å². The molecule has 2 atom stereocenters. The Balaban J connectivity index is 1.99. The zero-order chi connectivity index (χ0) is 14.8. The highest BCUT2D eigenvalue weighted by Crippen LogP contribution is 2.41. The molecule has 0 saturated heterocycles. The van der Waals surface area contributed by atoms with E-state index in [0.717, 1.165) is 17.4 Å². The van der Waals surface area contributed by atoms with Crippen molar-refractivity contribution in [1.29, 1.82) is 0 Å². The van der Waals surface area contributed by atoms with Gasteiger partial charge in [0, 0.05) is 28.3 Å². The summed E-state index contributed by atoms with van der Waals surface area (Å²) in [4.78, 5) is 4.67. The monoisotopic (exact) mass is 344 g/mol. The highest BCUT2D eigenvalue weighted by Gasteiger charge is 2.32. The van der Waals surface area contributed by atoms with Crippen molar-refractivity contribution >= 4 is 15.9 Å². The van der Waals surface area contributed by atoms with E-state index in [1.54, 1.807) is 0 Å². The van der Waals surface area contributed by atoms with Gasteiger partial charge in [0.15, 0.2) is 0 Å². The van der Waals surface area contributed by atoms with Crippen LogP contribution in [0.3, 0.4) is 0 Å². The summed E-state index contributed by atoms with van der Waals surface area (Å²) < 4.78 is 1.14. The van der Waals surface area contributed by atoms with Crippen LogP contribution in [0.1, 0.15) is 47.7 Å². The Kier molecular flexibility index (Phi) is 4.41. The number of hydrogen-bond donors (Lipinski definition) is 1. The van der Waals surface area contributed by atoms with Crippen LogP contribution in [-0.2, 0) is 6.42 Å². The van der Waals surface area contributed by atoms with Crippen molar-refractivity contribution in [2.24, 2.45) is 0 Å². The van der Waals surface area contributed by atoms with Crippen molar-refractivity contribution in [3.63, 3.8) is 0 Å². The molecule has 3 rings (SSSR count). The van der Waals surface area contributed by atoms with Crippen LogP contribution >= 0.6 is 15.9 Å². The summed E-state index contributed by atoms with van der Waals surface area (Å²) in [5, 5.41) is 3.69. The lowest BCUT2D eigenvalue weighted by Gasteiger charge is -2.26. The molecule has 3 heteroatoms. The molecule has 1 aliphatic carbocycles. The normalized spacial score (nSPS) is 18.5. The van der Waals surface area contributed by atoms with E-state index >= 15 is 0 Å². The van der Waals surface area contributed by atoms with Gasteiger partial charge in [0.2, 0.25) is 0 Å². The molecule has 0 aliphatic heterocycles. The van der Waals surface area contributed by atoms with Crippen LogP contribution in [0.2, 0.25) is 0 Å². The van der Waals surface area contributed by atoms with Crippen LogP contribution in [-0.4, -0.2) is 11.5 Å². The summed E-state index contributed by atoms with van der Waals surface area (Å²) in [6.07, 6.45) is 4.25. The average Bonchev–Trinajstić information content (AvgIpc) is 2.89. The van der Waals surface area contributed by atoms with Gasteiger partial charge >= 0.3 is 0 Å². The van der Waals surface area contributed by atoms with Gasteiger partial charge in [-0.3, -0.25) is 4.98 Å². The van der Waals surface area contributed by atoms with Gasteiger partial charge in [-0.2, -0.15) is 0 Å². The molecule has 2 unspecified atom stereocenters. The van der Waals surface area contributed by atoms with Crippen molar-refractivity contribution in [2.75, 3.05) is 6.54 Å². The van der Waals surface area contributed by atoms with E-state index in [2.05, 4.69) is 64.3 Å². The van der Waals surface area contributed by atoms with Crippen molar-refractivity contribution < 1.29 is 0 Å². The fourth-order valence-electron chi connectivity index (χ4n) is 3.45. The molecule has 21 heavy (non-hydrogen) atoms. The summed E-state index contributed by atoms with van der Waals surface area (Å²) in [5.41, 5.74) is 5.43. The van der Waals surface area contributed by atoms with E-state index < -0.39 is 0 Å². The Hall–Kier alpha value is -1.19. The van der Waals surface area contributed by atoms with Crippen LogP contribution < -0.4 is 5.32 Å². The van der Waals surface area contributed by atoms with Gasteiger partial charge in [0.1, 0.15) is 0 Å². The predicted molar refractivity (Wildman–Crippen MR) is 90.6 cm³/mol. The van der Waals surface area contributed by atoms with Gasteiger partial charge in [-0.25, -0.2) is 0 Å². The van der Waals surface area contributed by atoms with Crippen molar-refractivity contribution in [1.82, 2.24) is 10.3 Å². The predicted octanol–water partition coefficient (Wildman–Crippen LogP) is 4.53. The number of aryl methyl sites for hydroxylation is 2. The number of rotatable bonds is 4. The second kappa shape index (κ2) is 6.29. The summed E-state index contributed by atoms with van der Waals surface area (Å²) in [6.45, 7) is 5.34. The summed E-state index contributed by atoms with van der Waals surface area (Å²) >= 11 is 3.56. The number of hydrogen-bond acceptors (Lipinski definition) is 2. The Morgan fingerprint density at radius 3 is 3.00 bits per heavy atom. The molecule has 1 aromatic carbocycles. The van der Waals surface area contributed by atoms with Crippen LogP contribution in [0.5, 0.6) is 0 Å². The SMILES string of the molecule is CCNC(c1ccc(Br)cc1C)C1CCc2cccnc21. The van der Waals surface area contributed by atoms with Crippen molar-refractivity contribution in [3.05, 3.63) is 63.4 Å². The third-order valence-corrected chi connectivity index (χ3v) is 4.89. The number of pyridine rings is 1. The van der Waals surface area contributed by atoms with Crippen LogP contribution in [0.25, 0.3) is 0 Å². The van der Waals surface area contributed by atoms with Gasteiger partial charge in [-0.1, -0.05) is 35.0 Å². The Morgan fingerprint density at radius 1 is 1.38 bits per heavy atom. The van der Waals surface area contributed by atoms with Gasteiger partial charge in [-0.05, 0) is 61.2 Å². The lowest BCUT2D eigenvalue weighted by atomic mass is 9.88. The molecule has 0 radical (unpaired) electrons. The molecule has 1 aliphatic rings. The fourth-order valence-corrected chi connectivity index (χ4v) is 3.92. The number of fused-ring (bicyclic) bond motifs is 1. The first-order valence-corrected chi connectivity index (χ1v) is 8.43. The molecular formula is C18H21BrN2. The molecule has 0 fully saturated rings. The zero-order valence-electron chi connectivity index (χ0n) is 12.6. The molecular weight excluding hydrogens is 324 g/mol.